The number of nitrogens with one attached hydrogen (secondary N) is 2. The van der Waals surface area contributed by atoms with E-state index in [1.54, 1.807) is 0 Å². The van der Waals surface area contributed by atoms with Crippen molar-refractivity contribution in [3.63, 3.8) is 0 Å². The second-order valence-electron chi connectivity index (χ2n) is 16.3. The van der Waals surface area contributed by atoms with Gasteiger partial charge in [-0.05, 0) is 41.7 Å². The molecule has 0 spiro atoms. The Kier molecular flexibility index (Phi) is 9.19. The van der Waals surface area contributed by atoms with Gasteiger partial charge in [0.15, 0.2) is 0 Å². The van der Waals surface area contributed by atoms with Crippen LogP contribution in [0.5, 0.6) is 0 Å². The highest BCUT2D eigenvalue weighted by atomic mass is 14.8. The third kappa shape index (κ3) is 6.22. The molecule has 6 aromatic carbocycles. The van der Waals surface area contributed by atoms with Crippen LogP contribution in [-0.4, -0.2) is 19.9 Å². The normalized spacial score (nSPS) is 11.9. The lowest BCUT2D eigenvalue weighted by Crippen LogP contribution is -1.89. The SMILES string of the molecule is CCCCCCCCc1ccc(-c2c3nc(cc4[nH]c(c(-c5ccccc5)c5nc(cc6[nH]c2c2ccccc62)-c2ccccc2-5)c2ccccc42)-c2ccccc2-3)cc1. The molecule has 4 nitrogen and oxygen atoms in total. The highest BCUT2D eigenvalue weighted by molar-refractivity contribution is 6.16. The number of benzene rings is 6. The molecule has 11 rings (SSSR count). The number of nitrogens with zero attached hydrogens (tertiary/aromatic N) is 2. The van der Waals surface area contributed by atoms with Gasteiger partial charge in [0, 0.05) is 66.0 Å². The summed E-state index contributed by atoms with van der Waals surface area (Å²) in [5, 5.41) is 4.60. The van der Waals surface area contributed by atoms with E-state index >= 15 is 0 Å². The van der Waals surface area contributed by atoms with Crippen molar-refractivity contribution < 1.29 is 0 Å². The molecule has 0 unspecified atom stereocenters. The van der Waals surface area contributed by atoms with Crippen molar-refractivity contribution in [3.05, 3.63) is 169 Å². The molecule has 4 heteroatoms. The van der Waals surface area contributed by atoms with E-state index in [2.05, 4.69) is 181 Å². The van der Waals surface area contributed by atoms with E-state index in [1.807, 2.05) is 0 Å². The minimum absolute atomic E-state index is 0.932. The van der Waals surface area contributed by atoms with Crippen LogP contribution in [0.2, 0.25) is 0 Å². The molecule has 2 aliphatic heterocycles. The van der Waals surface area contributed by atoms with Crippen LogP contribution in [0, 0.1) is 0 Å². The summed E-state index contributed by atoms with van der Waals surface area (Å²) in [4.78, 5) is 19.2. The first kappa shape index (κ1) is 36.1. The molecule has 0 fully saturated rings. The number of hydrogen-bond acceptors (Lipinski definition) is 2. The highest BCUT2D eigenvalue weighted by Crippen LogP contribution is 2.47. The molecule has 8 bridgehead atoms. The van der Waals surface area contributed by atoms with E-state index in [9.17, 15) is 0 Å². The van der Waals surface area contributed by atoms with Crippen molar-refractivity contribution >= 4 is 43.6 Å². The van der Waals surface area contributed by atoms with Crippen LogP contribution >= 0.6 is 0 Å². The van der Waals surface area contributed by atoms with E-state index in [-0.39, 0.29) is 0 Å². The Morgan fingerprint density at radius 2 is 0.833 bits per heavy atom. The zero-order chi connectivity index (χ0) is 40.0. The Morgan fingerprint density at radius 1 is 0.400 bits per heavy atom. The fraction of sp³-hybridized carbons (Fsp3) is 0.143. The number of rotatable bonds is 9. The summed E-state index contributed by atoms with van der Waals surface area (Å²) >= 11 is 0. The van der Waals surface area contributed by atoms with Crippen molar-refractivity contribution in [2.75, 3.05) is 0 Å². The third-order valence-electron chi connectivity index (χ3n) is 12.5. The quantitative estimate of drug-likeness (QED) is 0.144. The molecule has 0 radical (unpaired) electrons. The Labute approximate surface area is 350 Å². The Hall–Kier alpha value is -7.04. The second-order valence-corrected chi connectivity index (χ2v) is 16.3. The van der Waals surface area contributed by atoms with Gasteiger partial charge in [-0.1, -0.05) is 191 Å². The summed E-state index contributed by atoms with van der Waals surface area (Å²) in [6.07, 6.45) is 8.88. The van der Waals surface area contributed by atoms with Gasteiger partial charge in [0.1, 0.15) is 0 Å². The molecule has 0 saturated heterocycles. The van der Waals surface area contributed by atoms with E-state index in [0.29, 0.717) is 0 Å². The predicted octanol–water partition coefficient (Wildman–Crippen LogP) is 15.5. The van der Waals surface area contributed by atoms with Gasteiger partial charge in [-0.15, -0.1) is 0 Å². The van der Waals surface area contributed by atoms with Crippen molar-refractivity contribution in [2.24, 2.45) is 0 Å². The largest absolute Gasteiger partial charge is 0.354 e. The lowest BCUT2D eigenvalue weighted by molar-refractivity contribution is 0.607. The summed E-state index contributed by atoms with van der Waals surface area (Å²) in [5.41, 5.74) is 18.2. The van der Waals surface area contributed by atoms with Crippen LogP contribution in [0.25, 0.3) is 111 Å². The Bertz CT molecular complexity index is 3240. The molecule has 9 aromatic rings. The van der Waals surface area contributed by atoms with Gasteiger partial charge in [-0.2, -0.15) is 0 Å². The highest BCUT2D eigenvalue weighted by Gasteiger charge is 2.25. The van der Waals surface area contributed by atoms with Gasteiger partial charge in [0.25, 0.3) is 0 Å². The Balaban J connectivity index is 1.26. The van der Waals surface area contributed by atoms with Crippen LogP contribution in [-0.2, 0) is 6.42 Å². The smallest absolute Gasteiger partial charge is 0.0815 e. The average molecular weight is 775 g/mol. The van der Waals surface area contributed by atoms with Crippen LogP contribution in [0.3, 0.4) is 0 Å². The summed E-state index contributed by atoms with van der Waals surface area (Å²) in [5.74, 6) is 0. The van der Waals surface area contributed by atoms with Gasteiger partial charge in [0.2, 0.25) is 0 Å². The lowest BCUT2D eigenvalue weighted by atomic mass is 9.95. The van der Waals surface area contributed by atoms with E-state index < -0.39 is 0 Å². The first-order chi connectivity index (χ1) is 29.7. The topological polar surface area (TPSA) is 57.4 Å². The maximum atomic E-state index is 5.64. The maximum absolute atomic E-state index is 5.64. The fourth-order valence-corrected chi connectivity index (χ4v) is 9.57. The summed E-state index contributed by atoms with van der Waals surface area (Å²) < 4.78 is 0. The monoisotopic (exact) mass is 774 g/mol. The maximum Gasteiger partial charge on any atom is 0.0815 e. The second kappa shape index (κ2) is 15.3. The molecule has 3 aromatic heterocycles. The lowest BCUT2D eigenvalue weighted by Gasteiger charge is -2.09. The number of aryl methyl sites for hydroxylation is 1. The number of hydrogen-bond donors (Lipinski definition) is 2. The van der Waals surface area contributed by atoms with Crippen LogP contribution < -0.4 is 0 Å². The fourth-order valence-electron chi connectivity index (χ4n) is 9.57. The van der Waals surface area contributed by atoms with Gasteiger partial charge in [0.05, 0.1) is 33.8 Å². The van der Waals surface area contributed by atoms with Gasteiger partial charge < -0.3 is 9.97 Å². The number of unbranched alkanes of at least 4 members (excludes halogenated alkanes) is 5. The van der Waals surface area contributed by atoms with Gasteiger partial charge in [-0.3, -0.25) is 0 Å². The van der Waals surface area contributed by atoms with Crippen molar-refractivity contribution in [1.29, 1.82) is 0 Å². The zero-order valence-electron chi connectivity index (χ0n) is 33.9. The van der Waals surface area contributed by atoms with Gasteiger partial charge >= 0.3 is 0 Å². The predicted molar refractivity (Wildman–Crippen MR) is 253 cm³/mol. The van der Waals surface area contributed by atoms with Crippen molar-refractivity contribution in [1.82, 2.24) is 19.9 Å². The molecule has 0 amide bonds. The zero-order valence-corrected chi connectivity index (χ0v) is 33.9. The molecule has 0 aliphatic carbocycles. The molecule has 2 aliphatic rings. The minimum atomic E-state index is 0.932. The Morgan fingerprint density at radius 3 is 1.37 bits per heavy atom. The number of H-pyrrole nitrogens is 2. The number of fused-ring (bicyclic) bond motifs is 20. The molecule has 5 heterocycles. The minimum Gasteiger partial charge on any atom is -0.354 e. The molecular weight excluding hydrogens is 729 g/mol. The molecule has 60 heavy (non-hydrogen) atoms. The van der Waals surface area contributed by atoms with Crippen LogP contribution in [0.4, 0.5) is 0 Å². The summed E-state index contributed by atoms with van der Waals surface area (Å²) in [7, 11) is 0. The van der Waals surface area contributed by atoms with Crippen LogP contribution in [0.1, 0.15) is 51.0 Å². The van der Waals surface area contributed by atoms with E-state index in [1.165, 1.54) is 44.1 Å². The van der Waals surface area contributed by atoms with E-state index in [0.717, 1.165) is 117 Å². The first-order valence-corrected chi connectivity index (χ1v) is 21.7. The molecular formula is C56H46N4. The molecule has 0 saturated carbocycles. The van der Waals surface area contributed by atoms with Crippen LogP contribution in [0.15, 0.2) is 164 Å². The first-order valence-electron chi connectivity index (χ1n) is 21.7. The van der Waals surface area contributed by atoms with Crippen molar-refractivity contribution in [2.45, 2.75) is 51.9 Å². The standard InChI is InChI=1S/C56H46N4/c1-2-3-4-5-6-8-19-36-30-32-38(33-31-36)52-55-45-28-17-13-24-41(45)49(59-55)34-47-39-22-11-15-26-43(39)53(57-47)51(37-20-9-7-10-21-37)54-44-27-16-12-23-40(44)48(58-54)35-50-42-25-14-18-29-46(42)56(52)60-50/h7,9-18,20-35,57,60H,2-6,8,19H2,1H3. The number of aromatic amines is 2. The molecule has 290 valence electrons. The molecule has 0 atom stereocenters. The number of aromatic nitrogens is 4. The summed E-state index contributed by atoms with van der Waals surface area (Å²) in [6.45, 7) is 2.28. The molecule has 2 N–H and O–H groups in total. The average Bonchev–Trinajstić information content (AvgIpc) is 4.05. The summed E-state index contributed by atoms with van der Waals surface area (Å²) in [6, 6.07) is 59.3. The van der Waals surface area contributed by atoms with Gasteiger partial charge in [-0.25, -0.2) is 9.97 Å². The van der Waals surface area contributed by atoms with Crippen molar-refractivity contribution in [3.8, 4) is 67.3 Å². The van der Waals surface area contributed by atoms with E-state index in [4.69, 9.17) is 9.97 Å². The third-order valence-corrected chi connectivity index (χ3v) is 12.5.